The lowest BCUT2D eigenvalue weighted by molar-refractivity contribution is 0.215. The van der Waals surface area contributed by atoms with E-state index in [1.165, 1.54) is 32.1 Å². The minimum atomic E-state index is 0.0852. The topological polar surface area (TPSA) is 106 Å². The summed E-state index contributed by atoms with van der Waals surface area (Å²) >= 11 is 0. The minimum Gasteiger partial charge on any atom is -0.507 e. The number of rotatable bonds is 7. The van der Waals surface area contributed by atoms with Gasteiger partial charge >= 0.3 is 0 Å². The maximum atomic E-state index is 10.8. The molecule has 4 heterocycles. The molecule has 0 unspecified atom stereocenters. The van der Waals surface area contributed by atoms with Crippen LogP contribution < -0.4 is 19.7 Å². The molecule has 0 spiro atoms. The number of anilines is 1. The van der Waals surface area contributed by atoms with Gasteiger partial charge in [-0.2, -0.15) is 0 Å². The van der Waals surface area contributed by atoms with Crippen molar-refractivity contribution in [2.24, 2.45) is 0 Å². The van der Waals surface area contributed by atoms with Gasteiger partial charge in [-0.1, -0.05) is 12.5 Å². The third-order valence-electron chi connectivity index (χ3n) is 7.64. The normalized spacial score (nSPS) is 23.2. The number of ether oxygens (including phenoxy) is 2. The number of phenols is 1. The second kappa shape index (κ2) is 9.54. The number of nitrogens with one attached hydrogen (secondary N) is 1. The van der Waals surface area contributed by atoms with Crippen molar-refractivity contribution in [2.75, 3.05) is 19.1 Å². The highest BCUT2D eigenvalue weighted by Gasteiger charge is 2.40. The number of methoxy groups -OCH3 is 2. The number of aromatic hydroxyl groups is 1. The van der Waals surface area contributed by atoms with Gasteiger partial charge in [0.25, 0.3) is 5.88 Å². The number of aromatic nitrogens is 4. The molecule has 3 fully saturated rings. The molecule has 1 aliphatic carbocycles. The number of piperidine rings is 2. The first-order chi connectivity index (χ1) is 17.6. The Bertz CT molecular complexity index is 1220. The molecule has 36 heavy (non-hydrogen) atoms. The van der Waals surface area contributed by atoms with Crippen LogP contribution in [-0.2, 0) is 0 Å². The zero-order chi connectivity index (χ0) is 24.6. The molecule has 3 aromatic rings. The maximum Gasteiger partial charge on any atom is 0.256 e. The van der Waals surface area contributed by atoms with Crippen LogP contribution in [0, 0.1) is 0 Å². The van der Waals surface area contributed by atoms with Gasteiger partial charge in [-0.25, -0.2) is 9.97 Å². The monoisotopic (exact) mass is 488 g/mol. The van der Waals surface area contributed by atoms with Crippen molar-refractivity contribution in [3.8, 4) is 39.9 Å². The van der Waals surface area contributed by atoms with Crippen LogP contribution in [0.2, 0.25) is 0 Å². The van der Waals surface area contributed by atoms with Crippen LogP contribution in [0.5, 0.6) is 17.4 Å². The lowest BCUT2D eigenvalue weighted by Gasteiger charge is -2.45. The van der Waals surface area contributed by atoms with E-state index < -0.39 is 0 Å². The van der Waals surface area contributed by atoms with E-state index in [0.29, 0.717) is 47.2 Å². The second-order valence-electron chi connectivity index (χ2n) is 10.1. The molecule has 2 bridgehead atoms. The summed E-state index contributed by atoms with van der Waals surface area (Å²) in [5, 5.41) is 23.6. The summed E-state index contributed by atoms with van der Waals surface area (Å²) in [6, 6.07) is 9.47. The van der Waals surface area contributed by atoms with Crippen molar-refractivity contribution in [3.63, 3.8) is 0 Å². The van der Waals surface area contributed by atoms with Gasteiger partial charge in [-0.05, 0) is 62.3 Å². The van der Waals surface area contributed by atoms with E-state index in [9.17, 15) is 5.11 Å². The largest absolute Gasteiger partial charge is 0.507 e. The molecule has 2 atom stereocenters. The Labute approximate surface area is 210 Å². The van der Waals surface area contributed by atoms with Crippen molar-refractivity contribution in [1.29, 1.82) is 0 Å². The number of pyridine rings is 1. The average molecular weight is 489 g/mol. The van der Waals surface area contributed by atoms with Crippen molar-refractivity contribution < 1.29 is 14.6 Å². The zero-order valence-corrected chi connectivity index (χ0v) is 20.7. The molecular weight excluding hydrogens is 456 g/mol. The van der Waals surface area contributed by atoms with Gasteiger partial charge in [0, 0.05) is 35.9 Å². The van der Waals surface area contributed by atoms with E-state index in [2.05, 4.69) is 30.4 Å². The first kappa shape index (κ1) is 23.0. The van der Waals surface area contributed by atoms with Gasteiger partial charge in [-0.15, -0.1) is 10.2 Å². The fourth-order valence-electron chi connectivity index (χ4n) is 5.79. The summed E-state index contributed by atoms with van der Waals surface area (Å²) in [5.74, 6) is 2.28. The maximum absolute atomic E-state index is 10.8. The first-order valence-corrected chi connectivity index (χ1v) is 12.8. The number of phenolic OH excluding ortho intramolecular Hbond substituents is 1. The highest BCUT2D eigenvalue weighted by atomic mass is 16.5. The highest BCUT2D eigenvalue weighted by Crippen LogP contribution is 2.39. The van der Waals surface area contributed by atoms with Crippen molar-refractivity contribution in [2.45, 2.75) is 69.1 Å². The van der Waals surface area contributed by atoms with Gasteiger partial charge in [-0.3, -0.25) is 0 Å². The van der Waals surface area contributed by atoms with Gasteiger partial charge in [0.1, 0.15) is 5.75 Å². The van der Waals surface area contributed by atoms with Crippen LogP contribution in [0.4, 0.5) is 5.82 Å². The molecule has 1 saturated carbocycles. The Morgan fingerprint density at radius 3 is 2.33 bits per heavy atom. The summed E-state index contributed by atoms with van der Waals surface area (Å²) in [6.07, 6.45) is 12.1. The van der Waals surface area contributed by atoms with Gasteiger partial charge in [0.15, 0.2) is 17.4 Å². The van der Waals surface area contributed by atoms with E-state index in [1.54, 1.807) is 26.5 Å². The summed E-state index contributed by atoms with van der Waals surface area (Å²) in [6.45, 7) is 0. The fraction of sp³-hybridized carbons (Fsp3) is 0.481. The average Bonchev–Trinajstić information content (AvgIpc) is 3.74. The molecule has 9 heteroatoms. The predicted octanol–water partition coefficient (Wildman–Crippen LogP) is 3.97. The molecule has 2 saturated heterocycles. The Morgan fingerprint density at radius 2 is 1.69 bits per heavy atom. The quantitative estimate of drug-likeness (QED) is 0.511. The Morgan fingerprint density at radius 1 is 0.889 bits per heavy atom. The SMILES string of the molecule is COc1cc(-c2ccc(-c3ncc(N(C4CC4)C4C[C@@H]5CCC[C@@H](C4)N5)nn3)c(O)c2)cnc1OC. The fourth-order valence-corrected chi connectivity index (χ4v) is 5.79. The number of benzene rings is 1. The van der Waals surface area contributed by atoms with E-state index in [1.807, 2.05) is 24.4 Å². The Kier molecular flexibility index (Phi) is 6.08. The van der Waals surface area contributed by atoms with Crippen LogP contribution in [-0.4, -0.2) is 63.7 Å². The molecule has 2 aliphatic heterocycles. The van der Waals surface area contributed by atoms with Crippen molar-refractivity contribution in [3.05, 3.63) is 36.7 Å². The lowest BCUT2D eigenvalue weighted by atomic mass is 9.83. The summed E-state index contributed by atoms with van der Waals surface area (Å²) < 4.78 is 10.6. The molecule has 3 aliphatic rings. The van der Waals surface area contributed by atoms with Crippen LogP contribution in [0.15, 0.2) is 36.7 Å². The first-order valence-electron chi connectivity index (χ1n) is 12.8. The van der Waals surface area contributed by atoms with E-state index in [0.717, 1.165) is 29.8 Å². The third-order valence-corrected chi connectivity index (χ3v) is 7.64. The van der Waals surface area contributed by atoms with Crippen molar-refractivity contribution in [1.82, 2.24) is 25.5 Å². The standard InChI is InChI=1S/C27H32N6O3/c1-35-24-11-17(14-29-27(24)36-2)16-6-9-22(23(34)10-16)26-28-15-25(31-32-26)33(20-7-8-20)21-12-18-4-3-5-19(13-21)30-18/h6,9-11,14-15,18-21,30,34H,3-5,7-8,12-13H2,1-2H3/t18-,19-/m0/s1. The summed E-state index contributed by atoms with van der Waals surface area (Å²) in [4.78, 5) is 11.4. The molecule has 2 aromatic heterocycles. The van der Waals surface area contributed by atoms with Crippen LogP contribution in [0.1, 0.15) is 44.9 Å². The molecule has 6 rings (SSSR count). The van der Waals surface area contributed by atoms with Crippen LogP contribution >= 0.6 is 0 Å². The molecule has 1 aromatic carbocycles. The molecule has 0 radical (unpaired) electrons. The van der Waals surface area contributed by atoms with Crippen LogP contribution in [0.3, 0.4) is 0 Å². The van der Waals surface area contributed by atoms with Gasteiger partial charge in [0.2, 0.25) is 0 Å². The van der Waals surface area contributed by atoms with Gasteiger partial charge < -0.3 is 24.8 Å². The van der Waals surface area contributed by atoms with E-state index >= 15 is 0 Å². The molecular formula is C27H32N6O3. The smallest absolute Gasteiger partial charge is 0.256 e. The zero-order valence-electron chi connectivity index (χ0n) is 20.7. The molecule has 2 N–H and O–H groups in total. The number of hydrogen-bond donors (Lipinski definition) is 2. The number of hydrogen-bond acceptors (Lipinski definition) is 9. The third kappa shape index (κ3) is 4.43. The number of nitrogens with zero attached hydrogens (tertiary/aromatic N) is 5. The second-order valence-corrected chi connectivity index (χ2v) is 10.1. The number of fused-ring (bicyclic) bond motifs is 2. The Balaban J connectivity index is 1.23. The predicted molar refractivity (Wildman–Crippen MR) is 136 cm³/mol. The van der Waals surface area contributed by atoms with E-state index in [-0.39, 0.29) is 5.75 Å². The molecule has 0 amide bonds. The molecule has 9 nitrogen and oxygen atoms in total. The minimum absolute atomic E-state index is 0.0852. The summed E-state index contributed by atoms with van der Waals surface area (Å²) in [5.41, 5.74) is 2.14. The summed E-state index contributed by atoms with van der Waals surface area (Å²) in [7, 11) is 3.12. The lowest BCUT2D eigenvalue weighted by Crippen LogP contribution is -2.55. The van der Waals surface area contributed by atoms with Crippen molar-refractivity contribution >= 4 is 5.82 Å². The van der Waals surface area contributed by atoms with E-state index in [4.69, 9.17) is 9.47 Å². The highest BCUT2D eigenvalue weighted by molar-refractivity contribution is 5.73. The Hall–Kier alpha value is -3.46. The molecule has 188 valence electrons. The van der Waals surface area contributed by atoms with Gasteiger partial charge in [0.05, 0.1) is 26.0 Å². The van der Waals surface area contributed by atoms with Crippen LogP contribution in [0.25, 0.3) is 22.5 Å².